The van der Waals surface area contributed by atoms with Crippen molar-refractivity contribution in [2.24, 2.45) is 4.99 Å². The van der Waals surface area contributed by atoms with Gasteiger partial charge in [-0.05, 0) is 24.3 Å². The van der Waals surface area contributed by atoms with Crippen LogP contribution in [-0.2, 0) is 0 Å². The number of hydrogen-bond acceptors (Lipinski definition) is 3. The zero-order valence-corrected chi connectivity index (χ0v) is 13.6. The molecule has 0 bridgehead atoms. The van der Waals surface area contributed by atoms with Gasteiger partial charge in [-0.1, -0.05) is 23.2 Å². The summed E-state index contributed by atoms with van der Waals surface area (Å²) in [5.41, 5.74) is 0.347. The minimum Gasteiger partial charge on any atom is -0.487 e. The fraction of sp³-hybridized carbons (Fsp3) is 0.357. The van der Waals surface area contributed by atoms with E-state index in [-0.39, 0.29) is 6.42 Å². The molecule has 124 valence electrons. The Morgan fingerprint density at radius 3 is 2.65 bits per heavy atom. The lowest BCUT2D eigenvalue weighted by molar-refractivity contribution is -0.0609. The molecule has 0 saturated carbocycles. The van der Waals surface area contributed by atoms with E-state index in [9.17, 15) is 13.2 Å². The SMILES string of the molecule is FC(F)(F)C1=NC2CC(Oc3ccc(Cl)cc3Cl)C(Cl)C=C2N1. The van der Waals surface area contributed by atoms with E-state index >= 15 is 0 Å². The van der Waals surface area contributed by atoms with Gasteiger partial charge in [0, 0.05) is 17.1 Å². The minimum absolute atomic E-state index is 0.214. The van der Waals surface area contributed by atoms with Gasteiger partial charge in [0.2, 0.25) is 5.84 Å². The Hall–Kier alpha value is -1.11. The largest absolute Gasteiger partial charge is 0.487 e. The van der Waals surface area contributed by atoms with Gasteiger partial charge in [0.05, 0.1) is 16.4 Å². The van der Waals surface area contributed by atoms with Crippen LogP contribution in [0.25, 0.3) is 0 Å². The van der Waals surface area contributed by atoms with E-state index in [1.807, 2.05) is 0 Å². The van der Waals surface area contributed by atoms with Crippen molar-refractivity contribution in [3.8, 4) is 5.75 Å². The van der Waals surface area contributed by atoms with Crippen LogP contribution in [0.5, 0.6) is 5.75 Å². The Kier molecular flexibility index (Phi) is 4.42. The minimum atomic E-state index is -4.52. The van der Waals surface area contributed by atoms with Gasteiger partial charge in [-0.25, -0.2) is 0 Å². The topological polar surface area (TPSA) is 33.6 Å². The van der Waals surface area contributed by atoms with Gasteiger partial charge in [-0.2, -0.15) is 13.2 Å². The van der Waals surface area contributed by atoms with Crippen LogP contribution < -0.4 is 10.1 Å². The van der Waals surface area contributed by atoms with Crippen molar-refractivity contribution in [1.29, 1.82) is 0 Å². The number of nitrogens with one attached hydrogen (secondary N) is 1. The molecule has 3 unspecified atom stereocenters. The second-order valence-corrected chi connectivity index (χ2v) is 6.50. The second kappa shape index (κ2) is 6.07. The molecule has 3 rings (SSSR count). The summed E-state index contributed by atoms with van der Waals surface area (Å²) in [5, 5.41) is 2.42. The molecule has 0 saturated heterocycles. The summed E-state index contributed by atoms with van der Waals surface area (Å²) < 4.78 is 43.9. The molecule has 1 aliphatic carbocycles. The van der Waals surface area contributed by atoms with Crippen LogP contribution in [-0.4, -0.2) is 29.5 Å². The van der Waals surface area contributed by atoms with Crippen molar-refractivity contribution in [1.82, 2.24) is 5.32 Å². The first kappa shape index (κ1) is 16.7. The predicted molar refractivity (Wildman–Crippen MR) is 83.6 cm³/mol. The lowest BCUT2D eigenvalue weighted by atomic mass is 9.97. The van der Waals surface area contributed by atoms with Crippen LogP contribution in [0.4, 0.5) is 13.2 Å². The number of amidine groups is 1. The van der Waals surface area contributed by atoms with Crippen molar-refractivity contribution >= 4 is 40.6 Å². The highest BCUT2D eigenvalue weighted by Gasteiger charge is 2.44. The summed E-state index contributed by atoms with van der Waals surface area (Å²) in [6, 6.07) is 4.05. The van der Waals surface area contributed by atoms with E-state index in [4.69, 9.17) is 39.5 Å². The smallest absolute Gasteiger partial charge is 0.449 e. The van der Waals surface area contributed by atoms with Gasteiger partial charge in [-0.3, -0.25) is 4.99 Å². The average molecular weight is 386 g/mol. The van der Waals surface area contributed by atoms with Gasteiger partial charge in [-0.15, -0.1) is 11.6 Å². The summed E-state index contributed by atoms with van der Waals surface area (Å²) in [4.78, 5) is 3.66. The van der Waals surface area contributed by atoms with Crippen LogP contribution in [0, 0.1) is 0 Å². The highest BCUT2D eigenvalue weighted by Crippen LogP contribution is 2.35. The number of alkyl halides is 4. The fourth-order valence-corrected chi connectivity index (χ4v) is 3.17. The van der Waals surface area contributed by atoms with Gasteiger partial charge in [0.25, 0.3) is 0 Å². The van der Waals surface area contributed by atoms with Crippen molar-refractivity contribution in [3.05, 3.63) is 40.0 Å². The molecular formula is C14H10Cl3F3N2O. The average Bonchev–Trinajstić information content (AvgIpc) is 2.85. The zero-order chi connectivity index (χ0) is 16.8. The van der Waals surface area contributed by atoms with Gasteiger partial charge in [0.1, 0.15) is 11.9 Å². The molecule has 0 aromatic heterocycles. The monoisotopic (exact) mass is 384 g/mol. The first-order chi connectivity index (χ1) is 10.7. The Labute approximate surface area is 145 Å². The Morgan fingerprint density at radius 2 is 2.00 bits per heavy atom. The molecule has 23 heavy (non-hydrogen) atoms. The summed E-state index contributed by atoms with van der Waals surface area (Å²) >= 11 is 18.0. The number of halogens is 6. The summed E-state index contributed by atoms with van der Waals surface area (Å²) in [6.45, 7) is 0. The van der Waals surface area contributed by atoms with E-state index in [2.05, 4.69) is 10.3 Å². The molecule has 3 atom stereocenters. The molecule has 1 heterocycles. The zero-order valence-electron chi connectivity index (χ0n) is 11.4. The molecule has 0 amide bonds. The van der Waals surface area contributed by atoms with Crippen molar-refractivity contribution < 1.29 is 17.9 Å². The van der Waals surface area contributed by atoms with E-state index in [1.165, 1.54) is 12.1 Å². The van der Waals surface area contributed by atoms with Crippen molar-refractivity contribution in [3.63, 3.8) is 0 Å². The quantitative estimate of drug-likeness (QED) is 0.757. The van der Waals surface area contributed by atoms with Gasteiger partial charge >= 0.3 is 6.18 Å². The maximum absolute atomic E-state index is 12.7. The van der Waals surface area contributed by atoms with E-state index in [0.29, 0.717) is 21.5 Å². The van der Waals surface area contributed by atoms with Crippen LogP contribution in [0.2, 0.25) is 10.0 Å². The normalized spacial score (nSPS) is 27.0. The third kappa shape index (κ3) is 3.54. The summed E-state index contributed by atoms with van der Waals surface area (Å²) in [5.74, 6) is -0.641. The molecule has 3 nitrogen and oxygen atoms in total. The standard InChI is InChI=1S/C14H10Cl3F3N2O/c15-6-1-2-11(7(16)3-6)23-12-5-10-9(4-8(12)17)21-13(22-10)14(18,19)20/h1-4,8,10,12H,5H2,(H,21,22). The first-order valence-corrected chi connectivity index (χ1v) is 7.83. The Balaban J connectivity index is 1.78. The molecular weight excluding hydrogens is 376 g/mol. The molecule has 1 aromatic carbocycles. The molecule has 0 fully saturated rings. The van der Waals surface area contributed by atoms with Crippen LogP contribution in [0.1, 0.15) is 6.42 Å². The Morgan fingerprint density at radius 1 is 1.26 bits per heavy atom. The summed E-state index contributed by atoms with van der Waals surface area (Å²) in [7, 11) is 0. The number of fused-ring (bicyclic) bond motifs is 1. The van der Waals surface area contributed by atoms with E-state index < -0.39 is 29.5 Å². The summed E-state index contributed by atoms with van der Waals surface area (Å²) in [6.07, 6.45) is -3.37. The van der Waals surface area contributed by atoms with Crippen molar-refractivity contribution in [2.75, 3.05) is 0 Å². The number of benzene rings is 1. The number of nitrogens with zero attached hydrogens (tertiary/aromatic N) is 1. The van der Waals surface area contributed by atoms with E-state index in [1.54, 1.807) is 12.1 Å². The first-order valence-electron chi connectivity index (χ1n) is 6.63. The predicted octanol–water partition coefficient (Wildman–Crippen LogP) is 4.57. The lowest BCUT2D eigenvalue weighted by Gasteiger charge is -2.29. The van der Waals surface area contributed by atoms with Crippen LogP contribution in [0.15, 0.2) is 35.0 Å². The molecule has 0 spiro atoms. The molecule has 1 N–H and O–H groups in total. The number of ether oxygens (including phenoxy) is 1. The van der Waals surface area contributed by atoms with E-state index in [0.717, 1.165) is 0 Å². The van der Waals surface area contributed by atoms with Crippen LogP contribution >= 0.6 is 34.8 Å². The van der Waals surface area contributed by atoms with Gasteiger partial charge in [0.15, 0.2) is 0 Å². The molecule has 1 aromatic rings. The van der Waals surface area contributed by atoms with Crippen molar-refractivity contribution in [2.45, 2.75) is 30.1 Å². The highest BCUT2D eigenvalue weighted by atomic mass is 35.5. The highest BCUT2D eigenvalue weighted by molar-refractivity contribution is 6.35. The number of hydrogen-bond donors (Lipinski definition) is 1. The third-order valence-electron chi connectivity index (χ3n) is 3.50. The van der Waals surface area contributed by atoms with Gasteiger partial charge < -0.3 is 10.1 Å². The lowest BCUT2D eigenvalue weighted by Crippen LogP contribution is -2.38. The molecule has 1 aliphatic heterocycles. The number of rotatable bonds is 2. The fourth-order valence-electron chi connectivity index (χ4n) is 2.43. The molecule has 2 aliphatic rings. The third-order valence-corrected chi connectivity index (χ3v) is 4.43. The maximum atomic E-state index is 12.7. The Bertz CT molecular complexity index is 690. The number of aliphatic imine (C=N–C) groups is 1. The van der Waals surface area contributed by atoms with Crippen LogP contribution in [0.3, 0.4) is 0 Å². The molecule has 9 heteroatoms. The maximum Gasteiger partial charge on any atom is 0.449 e. The molecule has 0 radical (unpaired) electrons. The second-order valence-electron chi connectivity index (χ2n) is 5.15.